The van der Waals surface area contributed by atoms with Gasteiger partial charge in [0, 0.05) is 22.8 Å². The molecule has 0 bridgehead atoms. The quantitative estimate of drug-likeness (QED) is 0.921. The minimum Gasteiger partial charge on any atom is -0.330 e. The van der Waals surface area contributed by atoms with Crippen LogP contribution in [0.5, 0.6) is 0 Å². The Bertz CT molecular complexity index is 363. The van der Waals surface area contributed by atoms with Gasteiger partial charge in [0.2, 0.25) is 0 Å². The number of nitrogens with two attached hydrogens (primary N) is 1. The lowest BCUT2D eigenvalue weighted by molar-refractivity contribution is 0.163. The van der Waals surface area contributed by atoms with E-state index in [0.29, 0.717) is 0 Å². The molecule has 1 aliphatic heterocycles. The summed E-state index contributed by atoms with van der Waals surface area (Å²) in [6.45, 7) is 8.93. The molecule has 1 saturated heterocycles. The van der Waals surface area contributed by atoms with Gasteiger partial charge in [-0.25, -0.2) is 0 Å². The van der Waals surface area contributed by atoms with Gasteiger partial charge in [0.25, 0.3) is 0 Å². The van der Waals surface area contributed by atoms with Crippen molar-refractivity contribution < 1.29 is 0 Å². The molecule has 2 N–H and O–H groups in total. The zero-order chi connectivity index (χ0) is 12.3. The maximum atomic E-state index is 5.67. The first-order valence-corrected chi connectivity index (χ1v) is 7.49. The van der Waals surface area contributed by atoms with Gasteiger partial charge in [-0.2, -0.15) is 0 Å². The second-order valence-corrected chi connectivity index (χ2v) is 6.72. The van der Waals surface area contributed by atoms with Crippen molar-refractivity contribution in [1.29, 1.82) is 0 Å². The molecule has 1 atom stereocenters. The third-order valence-electron chi connectivity index (χ3n) is 3.72. The Kier molecular flexibility index (Phi) is 6.64. The predicted molar refractivity (Wildman–Crippen MR) is 82.7 cm³/mol. The summed E-state index contributed by atoms with van der Waals surface area (Å²) in [4.78, 5) is 5.54. The number of thiophene rings is 1. The van der Waals surface area contributed by atoms with Gasteiger partial charge in [0.1, 0.15) is 0 Å². The number of likely N-dealkylation sites (tertiary alicyclic amines) is 1. The van der Waals surface area contributed by atoms with Crippen LogP contribution in [0.25, 0.3) is 0 Å². The highest BCUT2D eigenvalue weighted by Crippen LogP contribution is 2.25. The van der Waals surface area contributed by atoms with Crippen molar-refractivity contribution in [1.82, 2.24) is 4.90 Å². The summed E-state index contributed by atoms with van der Waals surface area (Å²) in [6, 6.07) is 2.35. The lowest BCUT2D eigenvalue weighted by atomic mass is 9.94. The van der Waals surface area contributed by atoms with E-state index < -0.39 is 0 Å². The van der Waals surface area contributed by atoms with E-state index in [1.807, 2.05) is 11.3 Å². The third kappa shape index (κ3) is 4.23. The third-order valence-corrected chi connectivity index (χ3v) is 4.72. The van der Waals surface area contributed by atoms with Gasteiger partial charge in [0.05, 0.1) is 0 Å². The monoisotopic (exact) mass is 288 g/mol. The van der Waals surface area contributed by atoms with Crippen molar-refractivity contribution in [3.63, 3.8) is 0 Å². The van der Waals surface area contributed by atoms with Crippen LogP contribution in [0.2, 0.25) is 0 Å². The number of halogens is 1. The number of aryl methyl sites for hydroxylation is 2. The van der Waals surface area contributed by atoms with Gasteiger partial charge >= 0.3 is 0 Å². The van der Waals surface area contributed by atoms with Crippen molar-refractivity contribution in [2.75, 3.05) is 19.6 Å². The van der Waals surface area contributed by atoms with Crippen LogP contribution >= 0.6 is 23.7 Å². The Labute approximate surface area is 121 Å². The first-order chi connectivity index (χ1) is 8.19. The van der Waals surface area contributed by atoms with Gasteiger partial charge in [0.15, 0.2) is 0 Å². The highest BCUT2D eigenvalue weighted by molar-refractivity contribution is 7.12. The molecule has 2 rings (SSSR count). The van der Waals surface area contributed by atoms with Gasteiger partial charge < -0.3 is 5.73 Å². The Morgan fingerprint density at radius 1 is 1.44 bits per heavy atom. The standard InChI is InChI=1S/C14H24N2S.ClH/c1-11-8-14(12(2)17-11)10-16-7-3-4-13(9-16)5-6-15;/h8,13H,3-7,9-10,15H2,1-2H3;1H. The maximum Gasteiger partial charge on any atom is 0.0244 e. The van der Waals surface area contributed by atoms with E-state index in [2.05, 4.69) is 24.8 Å². The molecule has 2 heterocycles. The average molecular weight is 289 g/mol. The molecule has 0 amide bonds. The molecule has 2 nitrogen and oxygen atoms in total. The van der Waals surface area contributed by atoms with E-state index >= 15 is 0 Å². The fraction of sp³-hybridized carbons (Fsp3) is 0.714. The molecule has 0 aliphatic carbocycles. The predicted octanol–water partition coefficient (Wildman–Crippen LogP) is 3.35. The minimum absolute atomic E-state index is 0. The van der Waals surface area contributed by atoms with Crippen molar-refractivity contribution in [3.8, 4) is 0 Å². The van der Waals surface area contributed by atoms with Crippen molar-refractivity contribution in [2.24, 2.45) is 11.7 Å². The number of piperidine rings is 1. The molecule has 1 aliphatic rings. The van der Waals surface area contributed by atoms with Crippen LogP contribution < -0.4 is 5.73 Å². The van der Waals surface area contributed by atoms with Gasteiger partial charge in [-0.15, -0.1) is 23.7 Å². The summed E-state index contributed by atoms with van der Waals surface area (Å²) in [5, 5.41) is 0. The zero-order valence-corrected chi connectivity index (χ0v) is 13.1. The van der Waals surface area contributed by atoms with Crippen LogP contribution in [0, 0.1) is 19.8 Å². The lowest BCUT2D eigenvalue weighted by Crippen LogP contribution is -2.35. The van der Waals surface area contributed by atoms with Crippen LogP contribution in [-0.4, -0.2) is 24.5 Å². The van der Waals surface area contributed by atoms with E-state index in [9.17, 15) is 0 Å². The van der Waals surface area contributed by atoms with Crippen LogP contribution in [0.3, 0.4) is 0 Å². The molecule has 104 valence electrons. The molecule has 0 aromatic carbocycles. The van der Waals surface area contributed by atoms with Crippen molar-refractivity contribution >= 4 is 23.7 Å². The second-order valence-electron chi connectivity index (χ2n) is 5.26. The Hall–Kier alpha value is -0.0900. The van der Waals surface area contributed by atoms with Crippen LogP contribution in [0.4, 0.5) is 0 Å². The Balaban J connectivity index is 0.00000162. The fourth-order valence-electron chi connectivity index (χ4n) is 2.85. The van der Waals surface area contributed by atoms with E-state index in [4.69, 9.17) is 5.73 Å². The largest absolute Gasteiger partial charge is 0.330 e. The molecule has 1 unspecified atom stereocenters. The van der Waals surface area contributed by atoms with E-state index in [1.165, 1.54) is 47.7 Å². The molecule has 1 fully saturated rings. The average Bonchev–Trinajstić information content (AvgIpc) is 2.58. The highest BCUT2D eigenvalue weighted by Gasteiger charge is 2.20. The summed E-state index contributed by atoms with van der Waals surface area (Å²) in [6.07, 6.45) is 3.90. The summed E-state index contributed by atoms with van der Waals surface area (Å²) in [5.41, 5.74) is 7.20. The lowest BCUT2D eigenvalue weighted by Gasteiger charge is -2.32. The minimum atomic E-state index is 0. The molecule has 1 aromatic heterocycles. The molecule has 0 radical (unpaired) electrons. The van der Waals surface area contributed by atoms with Gasteiger partial charge in [-0.3, -0.25) is 4.90 Å². The fourth-order valence-corrected chi connectivity index (χ4v) is 3.79. The van der Waals surface area contributed by atoms with E-state index in [-0.39, 0.29) is 12.4 Å². The number of rotatable bonds is 4. The summed E-state index contributed by atoms with van der Waals surface area (Å²) in [5.74, 6) is 0.828. The Morgan fingerprint density at radius 2 is 2.22 bits per heavy atom. The molecule has 4 heteroatoms. The van der Waals surface area contributed by atoms with Crippen LogP contribution in [0.15, 0.2) is 6.07 Å². The smallest absolute Gasteiger partial charge is 0.0244 e. The zero-order valence-electron chi connectivity index (χ0n) is 11.4. The second kappa shape index (κ2) is 7.49. The molecule has 0 saturated carbocycles. The number of nitrogens with zero attached hydrogens (tertiary/aromatic N) is 1. The molecule has 18 heavy (non-hydrogen) atoms. The molecular weight excluding hydrogens is 264 g/mol. The van der Waals surface area contributed by atoms with Gasteiger partial charge in [-0.05, 0) is 63.7 Å². The summed E-state index contributed by atoms with van der Waals surface area (Å²) < 4.78 is 0. The Morgan fingerprint density at radius 3 is 2.83 bits per heavy atom. The first-order valence-electron chi connectivity index (χ1n) is 6.67. The molecular formula is C14H25ClN2S. The van der Waals surface area contributed by atoms with Crippen molar-refractivity contribution in [2.45, 2.75) is 39.7 Å². The van der Waals surface area contributed by atoms with Crippen LogP contribution in [-0.2, 0) is 6.54 Å². The summed E-state index contributed by atoms with van der Waals surface area (Å²) in [7, 11) is 0. The number of hydrogen-bond acceptors (Lipinski definition) is 3. The topological polar surface area (TPSA) is 29.3 Å². The normalized spacial score (nSPS) is 20.7. The molecule has 0 spiro atoms. The maximum absolute atomic E-state index is 5.67. The first kappa shape index (κ1) is 16.0. The van der Waals surface area contributed by atoms with Crippen LogP contribution in [0.1, 0.15) is 34.6 Å². The van der Waals surface area contributed by atoms with Gasteiger partial charge in [-0.1, -0.05) is 0 Å². The molecule has 1 aromatic rings. The SMILES string of the molecule is Cc1cc(CN2CCCC(CCN)C2)c(C)s1.Cl. The van der Waals surface area contributed by atoms with Crippen molar-refractivity contribution in [3.05, 3.63) is 21.4 Å². The van der Waals surface area contributed by atoms with E-state index in [0.717, 1.165) is 19.0 Å². The highest BCUT2D eigenvalue weighted by atomic mass is 35.5. The number of hydrogen-bond donors (Lipinski definition) is 1. The summed E-state index contributed by atoms with van der Waals surface area (Å²) >= 11 is 1.92. The van der Waals surface area contributed by atoms with E-state index in [1.54, 1.807) is 0 Å².